The van der Waals surface area contributed by atoms with Crippen molar-refractivity contribution >= 4 is 12.0 Å². The minimum absolute atomic E-state index is 0.167. The summed E-state index contributed by atoms with van der Waals surface area (Å²) in [7, 11) is 0. The van der Waals surface area contributed by atoms with Gasteiger partial charge in [-0.2, -0.15) is 0 Å². The highest BCUT2D eigenvalue weighted by atomic mass is 16.7. The first-order chi connectivity index (χ1) is 12.8. The molecule has 6 nitrogen and oxygen atoms in total. The van der Waals surface area contributed by atoms with Crippen molar-refractivity contribution in [2.45, 2.75) is 19.4 Å². The summed E-state index contributed by atoms with van der Waals surface area (Å²) in [5, 5.41) is 2.86. The summed E-state index contributed by atoms with van der Waals surface area (Å²) in [4.78, 5) is 16.2. The minimum Gasteiger partial charge on any atom is -0.477 e. The zero-order valence-electron chi connectivity index (χ0n) is 14.3. The van der Waals surface area contributed by atoms with Crippen LogP contribution in [-0.4, -0.2) is 24.3 Å². The molecule has 26 heavy (non-hydrogen) atoms. The first kappa shape index (κ1) is 16.4. The molecule has 0 radical (unpaired) electrons. The predicted octanol–water partition coefficient (Wildman–Crippen LogP) is 2.93. The van der Waals surface area contributed by atoms with Crippen molar-refractivity contribution in [3.63, 3.8) is 0 Å². The van der Waals surface area contributed by atoms with Gasteiger partial charge in [-0.15, -0.1) is 0 Å². The van der Waals surface area contributed by atoms with Crippen LogP contribution in [0.5, 0.6) is 17.4 Å². The molecule has 1 saturated carbocycles. The Morgan fingerprint density at radius 1 is 1.23 bits per heavy atom. The van der Waals surface area contributed by atoms with Gasteiger partial charge in [0.1, 0.15) is 0 Å². The molecule has 2 heterocycles. The van der Waals surface area contributed by atoms with E-state index in [1.54, 1.807) is 12.3 Å². The van der Waals surface area contributed by atoms with Crippen LogP contribution in [0.25, 0.3) is 6.08 Å². The number of pyridine rings is 1. The number of hydrogen-bond donors (Lipinski definition) is 1. The fourth-order valence-electron chi connectivity index (χ4n) is 2.56. The van der Waals surface area contributed by atoms with E-state index in [2.05, 4.69) is 10.3 Å². The Kier molecular flexibility index (Phi) is 4.73. The number of aromatic nitrogens is 1. The van der Waals surface area contributed by atoms with Gasteiger partial charge in [-0.1, -0.05) is 6.07 Å². The number of hydrogen-bond acceptors (Lipinski definition) is 5. The molecule has 0 saturated heterocycles. The van der Waals surface area contributed by atoms with E-state index in [-0.39, 0.29) is 12.7 Å². The molecule has 1 aliphatic carbocycles. The molecule has 0 bridgehead atoms. The van der Waals surface area contributed by atoms with Gasteiger partial charge in [0.25, 0.3) is 0 Å². The first-order valence-electron chi connectivity index (χ1n) is 8.69. The number of rotatable bonds is 7. The smallest absolute Gasteiger partial charge is 0.244 e. The van der Waals surface area contributed by atoms with E-state index in [0.29, 0.717) is 24.1 Å². The molecular formula is C20H20N2O4. The minimum atomic E-state index is -0.167. The molecule has 2 aliphatic rings. The molecule has 1 N–H and O–H groups in total. The lowest BCUT2D eigenvalue weighted by atomic mass is 10.2. The van der Waals surface area contributed by atoms with Gasteiger partial charge in [0, 0.05) is 24.9 Å². The molecule has 1 aromatic carbocycles. The Hall–Kier alpha value is -3.02. The maximum atomic E-state index is 12.0. The second-order valence-corrected chi connectivity index (χ2v) is 6.42. The van der Waals surface area contributed by atoms with Crippen molar-refractivity contribution in [2.75, 3.05) is 13.4 Å². The van der Waals surface area contributed by atoms with Crippen molar-refractivity contribution in [1.82, 2.24) is 10.3 Å². The lowest BCUT2D eigenvalue weighted by Crippen LogP contribution is -2.20. The number of carbonyl (C=O) groups is 1. The molecule has 134 valence electrons. The van der Waals surface area contributed by atoms with Crippen LogP contribution in [0.15, 0.2) is 42.6 Å². The Morgan fingerprint density at radius 3 is 3.00 bits per heavy atom. The Morgan fingerprint density at radius 2 is 2.12 bits per heavy atom. The average molecular weight is 352 g/mol. The Bertz CT molecular complexity index is 830. The summed E-state index contributed by atoms with van der Waals surface area (Å²) in [5.74, 6) is 2.55. The summed E-state index contributed by atoms with van der Waals surface area (Å²) < 4.78 is 16.3. The van der Waals surface area contributed by atoms with Crippen molar-refractivity contribution in [1.29, 1.82) is 0 Å². The van der Waals surface area contributed by atoms with Gasteiger partial charge in [-0.05, 0) is 54.2 Å². The zero-order valence-corrected chi connectivity index (χ0v) is 14.3. The second-order valence-electron chi connectivity index (χ2n) is 6.42. The van der Waals surface area contributed by atoms with Crippen LogP contribution in [0.2, 0.25) is 0 Å². The molecular weight excluding hydrogens is 332 g/mol. The van der Waals surface area contributed by atoms with E-state index in [0.717, 1.165) is 23.5 Å². The summed E-state index contributed by atoms with van der Waals surface area (Å²) in [5.41, 5.74) is 1.83. The maximum absolute atomic E-state index is 12.0. The topological polar surface area (TPSA) is 69.7 Å². The maximum Gasteiger partial charge on any atom is 0.244 e. The lowest BCUT2D eigenvalue weighted by Gasteiger charge is -2.07. The van der Waals surface area contributed by atoms with E-state index in [1.165, 1.54) is 18.9 Å². The van der Waals surface area contributed by atoms with E-state index in [1.807, 2.05) is 30.3 Å². The molecule has 6 heteroatoms. The monoisotopic (exact) mass is 352 g/mol. The number of carbonyl (C=O) groups excluding carboxylic acids is 1. The first-order valence-corrected chi connectivity index (χ1v) is 8.69. The number of nitrogens with zero attached hydrogens (tertiary/aromatic N) is 1. The van der Waals surface area contributed by atoms with Gasteiger partial charge in [0.2, 0.25) is 18.6 Å². The van der Waals surface area contributed by atoms with E-state index in [9.17, 15) is 4.79 Å². The number of ether oxygens (including phenoxy) is 3. The number of fused-ring (bicyclic) bond motifs is 1. The standard InChI is InChI=1S/C20H20N2O4/c23-19(6-4-14-3-5-17-18(9-14)26-13-25-17)22-11-16-7-8-21-20(10-16)24-12-15-1-2-15/h3-10,15H,1-2,11-13H2,(H,22,23). The second kappa shape index (κ2) is 7.47. The van der Waals surface area contributed by atoms with Gasteiger partial charge < -0.3 is 19.5 Å². The molecule has 1 amide bonds. The predicted molar refractivity (Wildman–Crippen MR) is 95.9 cm³/mol. The van der Waals surface area contributed by atoms with Crippen LogP contribution in [0.3, 0.4) is 0 Å². The van der Waals surface area contributed by atoms with Crippen LogP contribution in [-0.2, 0) is 11.3 Å². The van der Waals surface area contributed by atoms with Crippen LogP contribution in [0.4, 0.5) is 0 Å². The lowest BCUT2D eigenvalue weighted by molar-refractivity contribution is -0.116. The van der Waals surface area contributed by atoms with Crippen molar-refractivity contribution in [3.8, 4) is 17.4 Å². The van der Waals surface area contributed by atoms with E-state index >= 15 is 0 Å². The molecule has 1 aromatic heterocycles. The van der Waals surface area contributed by atoms with Gasteiger partial charge in [-0.3, -0.25) is 4.79 Å². The van der Waals surface area contributed by atoms with Crippen molar-refractivity contribution in [3.05, 3.63) is 53.7 Å². The average Bonchev–Trinajstić information content (AvgIpc) is 3.38. The summed E-state index contributed by atoms with van der Waals surface area (Å²) in [6.45, 7) is 1.38. The third kappa shape index (κ3) is 4.33. The van der Waals surface area contributed by atoms with Crippen LogP contribution >= 0.6 is 0 Å². The Labute approximate surface area is 151 Å². The van der Waals surface area contributed by atoms with Crippen LogP contribution in [0.1, 0.15) is 24.0 Å². The molecule has 0 unspecified atom stereocenters. The Balaban J connectivity index is 1.28. The highest BCUT2D eigenvalue weighted by Gasteiger charge is 2.22. The molecule has 1 aliphatic heterocycles. The third-order valence-electron chi connectivity index (χ3n) is 4.25. The summed E-state index contributed by atoms with van der Waals surface area (Å²) in [6, 6.07) is 9.29. The fraction of sp³-hybridized carbons (Fsp3) is 0.300. The largest absolute Gasteiger partial charge is 0.477 e. The molecule has 4 rings (SSSR count). The SMILES string of the molecule is O=C(C=Cc1ccc2c(c1)OCO2)NCc1ccnc(OCC2CC2)c1. The van der Waals surface area contributed by atoms with Crippen LogP contribution in [0, 0.1) is 5.92 Å². The van der Waals surface area contributed by atoms with Crippen LogP contribution < -0.4 is 19.5 Å². The highest BCUT2D eigenvalue weighted by Crippen LogP contribution is 2.32. The summed E-state index contributed by atoms with van der Waals surface area (Å²) >= 11 is 0. The molecule has 0 spiro atoms. The quantitative estimate of drug-likeness (QED) is 0.776. The third-order valence-corrected chi connectivity index (χ3v) is 4.25. The highest BCUT2D eigenvalue weighted by molar-refractivity contribution is 5.91. The summed E-state index contributed by atoms with van der Waals surface area (Å²) in [6.07, 6.45) is 7.43. The zero-order chi connectivity index (χ0) is 17.8. The normalized spacial score (nSPS) is 15.2. The fourth-order valence-corrected chi connectivity index (χ4v) is 2.56. The number of benzene rings is 1. The van der Waals surface area contributed by atoms with E-state index < -0.39 is 0 Å². The molecule has 0 atom stereocenters. The van der Waals surface area contributed by atoms with Crippen molar-refractivity contribution in [2.24, 2.45) is 5.92 Å². The van der Waals surface area contributed by atoms with Gasteiger partial charge in [0.15, 0.2) is 11.5 Å². The molecule has 1 fully saturated rings. The van der Waals surface area contributed by atoms with Gasteiger partial charge >= 0.3 is 0 Å². The number of nitrogens with one attached hydrogen (secondary N) is 1. The molecule has 2 aromatic rings. The van der Waals surface area contributed by atoms with Crippen molar-refractivity contribution < 1.29 is 19.0 Å². The van der Waals surface area contributed by atoms with Gasteiger partial charge in [-0.25, -0.2) is 4.98 Å². The van der Waals surface area contributed by atoms with Gasteiger partial charge in [0.05, 0.1) is 6.61 Å². The van der Waals surface area contributed by atoms with E-state index in [4.69, 9.17) is 14.2 Å². The number of amides is 1.